The molecule has 0 saturated carbocycles. The minimum absolute atomic E-state index is 0.0496. The monoisotopic (exact) mass is 1050 g/mol. The van der Waals surface area contributed by atoms with Crippen molar-refractivity contribution in [2.24, 2.45) is 0 Å². The topological polar surface area (TPSA) is 111 Å². The van der Waals surface area contributed by atoms with Crippen molar-refractivity contribution in [1.82, 2.24) is 0 Å². The SMILES string of the molecule is CC/C=C\C/C=C\C/C=C\C/C=C\C/C=C\C/C=C\CCC(=O)OC(COC(=O)CCCCCCCCCCCCCCCCCCCC/C=C\C/C=C\C/C=C\C/C=C\CC)COP(=O)([O-])OCC[N+](C)(C)C. The third-order valence-corrected chi connectivity index (χ3v) is 13.0. The zero-order chi connectivity index (χ0) is 54.2. The van der Waals surface area contributed by atoms with Crippen molar-refractivity contribution >= 4 is 19.8 Å². The van der Waals surface area contributed by atoms with Gasteiger partial charge >= 0.3 is 11.9 Å². The first-order valence-electron chi connectivity index (χ1n) is 29.2. The van der Waals surface area contributed by atoms with Gasteiger partial charge < -0.3 is 27.9 Å². The van der Waals surface area contributed by atoms with Gasteiger partial charge in [-0.3, -0.25) is 14.2 Å². The molecule has 0 amide bonds. The Hall–Kier alpha value is -3.59. The highest BCUT2D eigenvalue weighted by molar-refractivity contribution is 7.45. The van der Waals surface area contributed by atoms with Crippen LogP contribution in [-0.2, 0) is 32.7 Å². The molecule has 0 aromatic heterocycles. The van der Waals surface area contributed by atoms with Crippen LogP contribution >= 0.6 is 7.82 Å². The Bertz CT molecular complexity index is 1660. The fourth-order valence-corrected chi connectivity index (χ4v) is 8.28. The number of hydrogen-bond acceptors (Lipinski definition) is 8. The molecule has 0 spiro atoms. The standard InChI is InChI=1S/C64H108NO8P/c1-6-8-10-12-14-16-18-20-22-24-26-27-28-29-30-31-32-33-34-35-36-37-39-40-42-44-46-48-50-52-54-56-63(66)70-60-62(61-72-74(68,69)71-59-58-65(3,4)5)73-64(67)57-55-53-51-49-47-45-43-41-38-25-23-21-19-17-15-13-11-9-7-2/h8-11,14-17,20-23,26-27,38,41,45,47,51,53,62H,6-7,12-13,18-19,24-25,28-37,39-40,42-44,46,48-50,52,54-61H2,1-5H3/b10-8-,11-9-,16-14-,17-15-,22-20-,23-21-,27-26-,41-38-,47-45-,53-51-. The number of rotatable bonds is 52. The molecule has 0 aliphatic rings. The van der Waals surface area contributed by atoms with Crippen LogP contribution in [0.4, 0.5) is 0 Å². The zero-order valence-electron chi connectivity index (χ0n) is 47.7. The number of unbranched alkanes of at least 4 members (excludes halogenated alkanes) is 18. The summed E-state index contributed by atoms with van der Waals surface area (Å²) in [5.41, 5.74) is 0. The molecule has 74 heavy (non-hydrogen) atoms. The summed E-state index contributed by atoms with van der Waals surface area (Å²) in [6, 6.07) is 0. The number of nitrogens with zero attached hydrogens (tertiary/aromatic N) is 1. The maximum absolute atomic E-state index is 12.7. The molecular weight excluding hydrogens is 942 g/mol. The van der Waals surface area contributed by atoms with Gasteiger partial charge in [0.2, 0.25) is 0 Å². The third kappa shape index (κ3) is 57.7. The molecule has 422 valence electrons. The van der Waals surface area contributed by atoms with E-state index in [2.05, 4.69) is 123 Å². The number of hydrogen-bond donors (Lipinski definition) is 0. The van der Waals surface area contributed by atoms with Crippen LogP contribution in [0, 0.1) is 0 Å². The lowest BCUT2D eigenvalue weighted by molar-refractivity contribution is -0.870. The van der Waals surface area contributed by atoms with E-state index in [9.17, 15) is 19.0 Å². The Morgan fingerprint density at radius 1 is 0.419 bits per heavy atom. The van der Waals surface area contributed by atoms with Gasteiger partial charge in [-0.15, -0.1) is 0 Å². The maximum Gasteiger partial charge on any atom is 0.306 e. The van der Waals surface area contributed by atoms with Gasteiger partial charge in [0, 0.05) is 12.8 Å². The van der Waals surface area contributed by atoms with Gasteiger partial charge in [0.25, 0.3) is 7.82 Å². The van der Waals surface area contributed by atoms with Crippen molar-refractivity contribution in [1.29, 1.82) is 0 Å². The minimum atomic E-state index is -4.66. The molecule has 0 aromatic rings. The van der Waals surface area contributed by atoms with Gasteiger partial charge in [-0.25, -0.2) is 0 Å². The normalized spacial score (nSPS) is 14.2. The van der Waals surface area contributed by atoms with Crippen LogP contribution in [0.2, 0.25) is 0 Å². The van der Waals surface area contributed by atoms with Crippen LogP contribution in [0.3, 0.4) is 0 Å². The summed E-state index contributed by atoms with van der Waals surface area (Å²) in [6.45, 7) is 3.92. The van der Waals surface area contributed by atoms with Gasteiger partial charge in [-0.05, 0) is 89.9 Å². The number of allylic oxidation sites excluding steroid dienone is 20. The lowest BCUT2D eigenvalue weighted by Gasteiger charge is -2.28. The average molecular weight is 1050 g/mol. The molecule has 0 aliphatic carbocycles. The highest BCUT2D eigenvalue weighted by Crippen LogP contribution is 2.38. The minimum Gasteiger partial charge on any atom is -0.756 e. The predicted molar refractivity (Wildman–Crippen MR) is 314 cm³/mol. The van der Waals surface area contributed by atoms with E-state index in [0.29, 0.717) is 23.9 Å². The fourth-order valence-electron chi connectivity index (χ4n) is 7.56. The van der Waals surface area contributed by atoms with Crippen LogP contribution in [-0.4, -0.2) is 70.0 Å². The van der Waals surface area contributed by atoms with E-state index in [0.717, 1.165) is 77.0 Å². The number of likely N-dealkylation sites (N-methyl/N-ethyl adjacent to an activating group) is 1. The number of phosphoric acid groups is 1. The second-order valence-electron chi connectivity index (χ2n) is 20.2. The highest BCUT2D eigenvalue weighted by atomic mass is 31.2. The van der Waals surface area contributed by atoms with E-state index in [-0.39, 0.29) is 26.1 Å². The number of carbonyl (C=O) groups is 2. The Morgan fingerprint density at radius 3 is 1.14 bits per heavy atom. The number of esters is 2. The Labute approximate surface area is 454 Å². The van der Waals surface area contributed by atoms with Gasteiger partial charge in [-0.1, -0.05) is 238 Å². The van der Waals surface area contributed by atoms with Crippen molar-refractivity contribution < 1.29 is 42.1 Å². The van der Waals surface area contributed by atoms with Crippen LogP contribution < -0.4 is 4.89 Å². The summed E-state index contributed by atoms with van der Waals surface area (Å²) >= 11 is 0. The Kier molecular flexibility index (Phi) is 51.6. The predicted octanol–water partition coefficient (Wildman–Crippen LogP) is 17.7. The van der Waals surface area contributed by atoms with E-state index in [4.69, 9.17) is 18.5 Å². The van der Waals surface area contributed by atoms with Crippen molar-refractivity contribution in [2.75, 3.05) is 47.5 Å². The molecule has 0 bridgehead atoms. The third-order valence-electron chi connectivity index (χ3n) is 12.0. The molecule has 0 N–H and O–H groups in total. The Balaban J connectivity index is 4.17. The largest absolute Gasteiger partial charge is 0.756 e. The average Bonchev–Trinajstić information content (AvgIpc) is 3.36. The smallest absolute Gasteiger partial charge is 0.306 e. The van der Waals surface area contributed by atoms with Crippen molar-refractivity contribution in [3.05, 3.63) is 122 Å². The highest BCUT2D eigenvalue weighted by Gasteiger charge is 2.21. The quantitative estimate of drug-likeness (QED) is 0.0195. The molecule has 0 aliphatic heterocycles. The lowest BCUT2D eigenvalue weighted by atomic mass is 10.0. The van der Waals surface area contributed by atoms with Gasteiger partial charge in [0.15, 0.2) is 6.10 Å². The molecular formula is C64H108NO8P. The molecule has 0 rings (SSSR count). The summed E-state index contributed by atoms with van der Waals surface area (Å²) in [5.74, 6) is -0.935. The molecule has 0 aromatic carbocycles. The molecule has 0 fully saturated rings. The fraction of sp³-hybridized carbons (Fsp3) is 0.656. The van der Waals surface area contributed by atoms with Gasteiger partial charge in [0.05, 0.1) is 27.7 Å². The van der Waals surface area contributed by atoms with Crippen LogP contribution in [0.15, 0.2) is 122 Å². The zero-order valence-corrected chi connectivity index (χ0v) is 48.6. The molecule has 0 radical (unpaired) electrons. The summed E-state index contributed by atoms with van der Waals surface area (Å²) < 4.78 is 34.0. The number of phosphoric ester groups is 1. The van der Waals surface area contributed by atoms with Crippen LogP contribution in [0.1, 0.15) is 219 Å². The van der Waals surface area contributed by atoms with Crippen molar-refractivity contribution in [3.8, 4) is 0 Å². The second-order valence-corrected chi connectivity index (χ2v) is 21.7. The second kappa shape index (κ2) is 54.2. The van der Waals surface area contributed by atoms with Crippen LogP contribution in [0.25, 0.3) is 0 Å². The summed E-state index contributed by atoms with van der Waals surface area (Å²) in [7, 11) is 1.11. The summed E-state index contributed by atoms with van der Waals surface area (Å²) in [6.07, 6.45) is 77.0. The van der Waals surface area contributed by atoms with E-state index in [1.807, 2.05) is 33.3 Å². The maximum atomic E-state index is 12.7. The number of carbonyl (C=O) groups excluding carboxylic acids is 2. The molecule has 9 nitrogen and oxygen atoms in total. The Morgan fingerprint density at radius 2 is 0.757 bits per heavy atom. The molecule has 0 saturated heterocycles. The van der Waals surface area contributed by atoms with E-state index in [1.165, 1.54) is 103 Å². The van der Waals surface area contributed by atoms with E-state index in [1.54, 1.807) is 0 Å². The number of quaternary nitrogens is 1. The lowest BCUT2D eigenvalue weighted by Crippen LogP contribution is -2.37. The van der Waals surface area contributed by atoms with E-state index < -0.39 is 32.5 Å². The van der Waals surface area contributed by atoms with Crippen molar-refractivity contribution in [3.63, 3.8) is 0 Å². The summed E-state index contributed by atoms with van der Waals surface area (Å²) in [5, 5.41) is 0. The van der Waals surface area contributed by atoms with E-state index >= 15 is 0 Å². The number of ether oxygens (including phenoxy) is 2. The summed E-state index contributed by atoms with van der Waals surface area (Å²) in [4.78, 5) is 37.8. The molecule has 0 heterocycles. The van der Waals surface area contributed by atoms with Crippen molar-refractivity contribution in [2.45, 2.75) is 225 Å². The molecule has 2 atom stereocenters. The van der Waals surface area contributed by atoms with Gasteiger partial charge in [0.1, 0.15) is 19.8 Å². The first kappa shape index (κ1) is 70.4. The first-order valence-corrected chi connectivity index (χ1v) is 30.7. The first-order chi connectivity index (χ1) is 36.0. The van der Waals surface area contributed by atoms with Gasteiger partial charge in [-0.2, -0.15) is 0 Å². The molecule has 2 unspecified atom stereocenters. The molecule has 10 heteroatoms. The van der Waals surface area contributed by atoms with Crippen LogP contribution in [0.5, 0.6) is 0 Å².